The van der Waals surface area contributed by atoms with E-state index in [0.717, 1.165) is 25.7 Å². The predicted octanol–water partition coefficient (Wildman–Crippen LogP) is 6.00. The van der Waals surface area contributed by atoms with Gasteiger partial charge in [-0.3, -0.25) is 0 Å². The van der Waals surface area contributed by atoms with Gasteiger partial charge in [0.05, 0.1) is 10.4 Å². The summed E-state index contributed by atoms with van der Waals surface area (Å²) in [5.41, 5.74) is 0.105. The molecule has 3 nitrogen and oxygen atoms in total. The topological polar surface area (TPSA) is 30.5 Å². The fourth-order valence-corrected chi connectivity index (χ4v) is 16.8. The van der Waals surface area contributed by atoms with Gasteiger partial charge in [0.15, 0.2) is 17.3 Å². The van der Waals surface area contributed by atoms with Crippen LogP contribution in [0.5, 0.6) is 0 Å². The molecule has 0 aliphatic carbocycles. The summed E-state index contributed by atoms with van der Waals surface area (Å²) in [7, 11) is -5.10. The van der Waals surface area contributed by atoms with Gasteiger partial charge in [-0.05, 0) is 72.6 Å². The normalized spacial score (nSPS) is 15.0. The quantitative estimate of drug-likeness (QED) is 0.417. The summed E-state index contributed by atoms with van der Waals surface area (Å²) in [6.45, 7) is 30.3. The molecule has 0 radical (unpaired) electrons. The molecule has 0 amide bonds. The van der Waals surface area contributed by atoms with E-state index in [9.17, 15) is 0 Å². The van der Waals surface area contributed by atoms with Crippen molar-refractivity contribution >= 4 is 25.6 Å². The third kappa shape index (κ3) is 6.01. The standard InChI is InChI=1S/C20H49NO2Si3/c1-14-19(15-2,22-24(8)9)26(12,13)23-20(16-3,17-4)25(10,11)21-18(5,6)7/h21,24H,14-17H2,1-13H3. The Morgan fingerprint density at radius 3 is 1.42 bits per heavy atom. The lowest BCUT2D eigenvalue weighted by atomic mass is 10.1. The van der Waals surface area contributed by atoms with Crippen LogP contribution in [0.2, 0.25) is 39.3 Å². The van der Waals surface area contributed by atoms with E-state index >= 15 is 0 Å². The monoisotopic (exact) mass is 419 g/mol. The van der Waals surface area contributed by atoms with E-state index in [4.69, 9.17) is 8.85 Å². The predicted molar refractivity (Wildman–Crippen MR) is 126 cm³/mol. The molecule has 0 fully saturated rings. The Bertz CT molecular complexity index is 423. The highest BCUT2D eigenvalue weighted by atomic mass is 28.4. The van der Waals surface area contributed by atoms with Crippen LogP contribution in [0.1, 0.15) is 74.1 Å². The molecule has 0 aromatic heterocycles. The maximum atomic E-state index is 7.32. The SMILES string of the molecule is CCC(CC)(O[Si](C)(C)C(CC)(CC)O[SiH](C)C)[Si](C)(C)NC(C)(C)C. The molecule has 1 N–H and O–H groups in total. The second-order valence-corrected chi connectivity index (χ2v) is 21.1. The first-order chi connectivity index (χ1) is 11.6. The van der Waals surface area contributed by atoms with Crippen LogP contribution < -0.4 is 4.98 Å². The van der Waals surface area contributed by atoms with E-state index in [1.165, 1.54) is 0 Å². The van der Waals surface area contributed by atoms with Gasteiger partial charge in [-0.1, -0.05) is 40.8 Å². The fraction of sp³-hybridized carbons (Fsp3) is 1.00. The number of nitrogens with one attached hydrogen (secondary N) is 1. The van der Waals surface area contributed by atoms with Gasteiger partial charge in [0.2, 0.25) is 8.32 Å². The van der Waals surface area contributed by atoms with E-state index in [0.29, 0.717) is 0 Å². The van der Waals surface area contributed by atoms with Gasteiger partial charge < -0.3 is 13.8 Å². The Labute approximate surface area is 169 Å². The minimum Gasteiger partial charge on any atom is -0.415 e. The van der Waals surface area contributed by atoms with Crippen LogP contribution in [0.4, 0.5) is 0 Å². The third-order valence-corrected chi connectivity index (χ3v) is 15.9. The Hall–Kier alpha value is 0.531. The highest BCUT2D eigenvalue weighted by Gasteiger charge is 2.55. The molecule has 0 spiro atoms. The van der Waals surface area contributed by atoms with Crippen LogP contribution in [0.15, 0.2) is 0 Å². The summed E-state index contributed by atoms with van der Waals surface area (Å²) < 4.78 is 14.0. The van der Waals surface area contributed by atoms with Crippen LogP contribution in [-0.2, 0) is 8.85 Å². The first-order valence-corrected chi connectivity index (χ1v) is 19.4. The van der Waals surface area contributed by atoms with Gasteiger partial charge in [0.1, 0.15) is 0 Å². The second-order valence-electron chi connectivity index (χ2n) is 10.2. The van der Waals surface area contributed by atoms with Gasteiger partial charge in [0, 0.05) is 5.54 Å². The zero-order valence-corrected chi connectivity index (χ0v) is 23.4. The fourth-order valence-electron chi connectivity index (χ4n) is 4.90. The molecule has 6 heteroatoms. The summed E-state index contributed by atoms with van der Waals surface area (Å²) in [4.78, 5) is 3.99. The molecule has 158 valence electrons. The molecule has 0 saturated heterocycles. The van der Waals surface area contributed by atoms with E-state index in [2.05, 4.69) is 92.7 Å². The van der Waals surface area contributed by atoms with Crippen molar-refractivity contribution in [2.45, 2.75) is 129 Å². The lowest BCUT2D eigenvalue weighted by molar-refractivity contribution is 0.0556. The third-order valence-electron chi connectivity index (χ3n) is 6.12. The molecule has 0 aromatic rings. The summed E-state index contributed by atoms with van der Waals surface area (Å²) in [5, 5.41) is -0.136. The molecular formula is C20H49NO2Si3. The number of hydrogen-bond acceptors (Lipinski definition) is 3. The van der Waals surface area contributed by atoms with Gasteiger partial charge in [-0.2, -0.15) is 0 Å². The number of hydrogen-bond donors (Lipinski definition) is 1. The minimum absolute atomic E-state index is 0.0620. The van der Waals surface area contributed by atoms with Gasteiger partial charge >= 0.3 is 0 Å². The van der Waals surface area contributed by atoms with Gasteiger partial charge in [-0.15, -0.1) is 0 Å². The van der Waals surface area contributed by atoms with Crippen LogP contribution in [0.3, 0.4) is 0 Å². The molecule has 0 aromatic carbocycles. The van der Waals surface area contributed by atoms with Crippen LogP contribution in [-0.4, -0.2) is 41.6 Å². The smallest absolute Gasteiger partial charge is 0.217 e. The van der Waals surface area contributed by atoms with Crippen LogP contribution >= 0.6 is 0 Å². The zero-order chi connectivity index (χ0) is 21.0. The Morgan fingerprint density at radius 1 is 0.769 bits per heavy atom. The van der Waals surface area contributed by atoms with E-state index in [1.807, 2.05) is 0 Å². The summed E-state index contributed by atoms with van der Waals surface area (Å²) in [6.07, 6.45) is 4.22. The Morgan fingerprint density at radius 2 is 1.15 bits per heavy atom. The Balaban J connectivity index is 6.05. The van der Waals surface area contributed by atoms with Crippen LogP contribution in [0, 0.1) is 0 Å². The molecule has 0 aliphatic rings. The lowest BCUT2D eigenvalue weighted by Crippen LogP contribution is -2.73. The maximum absolute atomic E-state index is 7.32. The van der Waals surface area contributed by atoms with Gasteiger partial charge in [-0.25, -0.2) is 0 Å². The molecule has 0 heterocycles. The second kappa shape index (κ2) is 9.35. The highest BCUT2D eigenvalue weighted by molar-refractivity contribution is 6.81. The van der Waals surface area contributed by atoms with Crippen molar-refractivity contribution in [2.24, 2.45) is 0 Å². The van der Waals surface area contributed by atoms with Crippen molar-refractivity contribution in [2.75, 3.05) is 0 Å². The van der Waals surface area contributed by atoms with E-state index in [-0.39, 0.29) is 16.0 Å². The summed E-state index contributed by atoms with van der Waals surface area (Å²) >= 11 is 0. The molecule has 0 atom stereocenters. The molecule has 0 saturated carbocycles. The molecule has 0 bridgehead atoms. The zero-order valence-electron chi connectivity index (χ0n) is 20.2. The van der Waals surface area contributed by atoms with E-state index in [1.54, 1.807) is 0 Å². The van der Waals surface area contributed by atoms with Crippen molar-refractivity contribution in [1.82, 2.24) is 4.98 Å². The maximum Gasteiger partial charge on any atom is 0.217 e. The number of rotatable bonds is 11. The van der Waals surface area contributed by atoms with Crippen LogP contribution in [0.25, 0.3) is 0 Å². The van der Waals surface area contributed by atoms with Crippen molar-refractivity contribution in [3.05, 3.63) is 0 Å². The first-order valence-electron chi connectivity index (χ1n) is 10.7. The van der Waals surface area contributed by atoms with Crippen molar-refractivity contribution < 1.29 is 8.85 Å². The molecule has 0 unspecified atom stereocenters. The van der Waals surface area contributed by atoms with Crippen molar-refractivity contribution in [3.8, 4) is 0 Å². The first kappa shape index (κ1) is 26.5. The highest BCUT2D eigenvalue weighted by Crippen LogP contribution is 2.41. The largest absolute Gasteiger partial charge is 0.415 e. The average Bonchev–Trinajstić information content (AvgIpc) is 2.47. The van der Waals surface area contributed by atoms with Crippen molar-refractivity contribution in [3.63, 3.8) is 0 Å². The molecule has 0 aliphatic heterocycles. The summed E-state index contributed by atoms with van der Waals surface area (Å²) in [6, 6.07) is 0. The van der Waals surface area contributed by atoms with Crippen molar-refractivity contribution in [1.29, 1.82) is 0 Å². The average molecular weight is 420 g/mol. The molecule has 26 heavy (non-hydrogen) atoms. The molecule has 0 rings (SSSR count). The van der Waals surface area contributed by atoms with E-state index < -0.39 is 25.6 Å². The molecular weight excluding hydrogens is 370 g/mol. The minimum atomic E-state index is -2.10. The Kier molecular flexibility index (Phi) is 9.54. The lowest BCUT2D eigenvalue weighted by Gasteiger charge is -2.55. The summed E-state index contributed by atoms with van der Waals surface area (Å²) in [5.74, 6) is 0. The van der Waals surface area contributed by atoms with Gasteiger partial charge in [0.25, 0.3) is 0 Å².